The number of anilines is 1. The number of piperazine rings is 1. The van der Waals surface area contributed by atoms with E-state index in [1.54, 1.807) is 63.9 Å². The van der Waals surface area contributed by atoms with Crippen LogP contribution >= 0.6 is 12.4 Å². The first-order chi connectivity index (χ1) is 53.1. The number of carbonyl (C=O) groups is 6. The van der Waals surface area contributed by atoms with Gasteiger partial charge in [0.2, 0.25) is 5.78 Å². The lowest BCUT2D eigenvalue weighted by molar-refractivity contribution is -0.169. The predicted molar refractivity (Wildman–Crippen MR) is 435 cm³/mol. The van der Waals surface area contributed by atoms with Crippen molar-refractivity contribution in [2.24, 2.45) is 51.8 Å². The molecule has 5 aromatic rings. The van der Waals surface area contributed by atoms with E-state index in [4.69, 9.17) is 24.7 Å². The van der Waals surface area contributed by atoms with Gasteiger partial charge < -0.3 is 86.0 Å². The van der Waals surface area contributed by atoms with Crippen LogP contribution in [-0.4, -0.2) is 228 Å². The Balaban J connectivity index is 0.000000245. The molecule has 2 fully saturated rings. The van der Waals surface area contributed by atoms with Crippen molar-refractivity contribution in [1.29, 1.82) is 0 Å². The van der Waals surface area contributed by atoms with Crippen LogP contribution in [0.2, 0.25) is 0 Å². The number of hydrazone groups is 1. The fourth-order valence-electron chi connectivity index (χ4n) is 15.8. The Bertz CT molecular complexity index is 4820. The molecule has 28 heteroatoms. The number of halogens is 1. The average Bonchev–Trinajstić information content (AvgIpc) is 0.779. The Kier molecular flexibility index (Phi) is 28.4. The summed E-state index contributed by atoms with van der Waals surface area (Å²) in [6.07, 6.45) is 7.36. The highest BCUT2D eigenvalue weighted by Gasteiger charge is 2.68. The maximum absolute atomic E-state index is 14.4. The summed E-state index contributed by atoms with van der Waals surface area (Å²) in [6.45, 7) is 25.0. The maximum Gasteiger partial charge on any atom is 0.312 e. The third kappa shape index (κ3) is 17.9. The number of aromatic hydroxyl groups is 4. The zero-order valence-electron chi connectivity index (χ0n) is 67.4. The van der Waals surface area contributed by atoms with Crippen LogP contribution in [0.4, 0.5) is 5.69 Å². The van der Waals surface area contributed by atoms with Crippen LogP contribution in [0.3, 0.4) is 0 Å². The standard InChI is InChI=1S/C43H58N4O12.C22H24N2O8.C21H25N.ClH/c1-21-12-11-13-22(2)42(55)45-33-28(20-44-47-17-15-46(9)16-18-47)37(52)30-31(38(33)53)36(51)26(6)40-32(30)41(54)43(8,59-40)57-19-14-29(56-10)23(3)39(58-27(7)48)25(5)35(50)24(4)34(21)49;1-7-8-5-4-6-9(25)11(8)16(26)12-10(7)17(27)14-15(24(2)3)18(28)13(21(23)31)20(30)22(14,32)19(12)29;1-21(2,3)15-8-5-9-16-22(4)17-19-13-10-12-18-11-6-7-14-20(18)19;/h11-14,19-21,23-25,29,34-35,39,49-53H,15-18H2,1-10H3,(H,45,55);4-7,10,14-15,17,25-27,30,32H,1-3H3,(H2,23,31);5-7,9-14H,16-17H2,1-4H3;1H/b12-11+,19-14+,22-13-,44-20-;;9-5+;/t21-,23-,24-,25-,29+,34+,35+,39-,43+;7-,10+,14+,15-,17-,22-;;/m10../s1. The van der Waals surface area contributed by atoms with Crippen LogP contribution in [0.15, 0.2) is 131 Å². The number of fused-ring (bicyclic) bond motifs is 18. The summed E-state index contributed by atoms with van der Waals surface area (Å²) in [5.41, 5.74) is 2.56. The molecule has 114 heavy (non-hydrogen) atoms. The zero-order chi connectivity index (χ0) is 83.5. The van der Waals surface area contributed by atoms with Gasteiger partial charge in [0.15, 0.2) is 17.1 Å². The Hall–Kier alpha value is -10.1. The molecule has 0 unspecified atom stereocenters. The van der Waals surface area contributed by atoms with E-state index in [0.29, 0.717) is 18.7 Å². The largest absolute Gasteiger partial charge is 0.508 e. The quantitative estimate of drug-likeness (QED) is 0.0155. The Morgan fingerprint density at radius 2 is 1.46 bits per heavy atom. The van der Waals surface area contributed by atoms with Gasteiger partial charge >= 0.3 is 11.8 Å². The van der Waals surface area contributed by atoms with E-state index in [9.17, 15) is 79.8 Å². The fraction of sp³-hybridized carbons (Fsp3) is 0.453. The molecular formula is C86H108ClN7O20. The number of hydrogen-bond donors (Lipinski definition) is 12. The maximum atomic E-state index is 14.4. The number of amides is 2. The van der Waals surface area contributed by atoms with Crippen molar-refractivity contribution < 1.29 is 98.8 Å². The first-order valence-corrected chi connectivity index (χ1v) is 37.6. The highest BCUT2D eigenvalue weighted by atomic mass is 35.5. The number of ketones is 3. The number of hydrogen-bond acceptors (Lipinski definition) is 25. The molecule has 1 saturated heterocycles. The molecular weight excluding hydrogens is 1490 g/mol. The molecule has 5 aromatic carbocycles. The number of primary amides is 1. The smallest absolute Gasteiger partial charge is 0.312 e. The minimum absolute atomic E-state index is 0. The lowest BCUT2D eigenvalue weighted by atomic mass is 9.54. The Labute approximate surface area is 670 Å². The van der Waals surface area contributed by atoms with Crippen LogP contribution in [0.25, 0.3) is 27.3 Å². The summed E-state index contributed by atoms with van der Waals surface area (Å²) in [5, 5.41) is 124. The number of phenolic OH excluding ortho intramolecular Hbond substituents is 4. The summed E-state index contributed by atoms with van der Waals surface area (Å²) >= 11 is 0. The van der Waals surface area contributed by atoms with E-state index < -0.39 is 164 Å². The monoisotopic (exact) mass is 1590 g/mol. The van der Waals surface area contributed by atoms with Gasteiger partial charge in [-0.3, -0.25) is 43.6 Å². The van der Waals surface area contributed by atoms with E-state index in [2.05, 4.69) is 108 Å². The van der Waals surface area contributed by atoms with Crippen molar-refractivity contribution in [2.75, 3.05) is 73.3 Å². The summed E-state index contributed by atoms with van der Waals surface area (Å²) in [6, 6.07) is 18.2. The van der Waals surface area contributed by atoms with Crippen molar-refractivity contribution in [2.45, 2.75) is 143 Å². The number of phenols is 4. The van der Waals surface area contributed by atoms with Gasteiger partial charge in [0, 0.05) is 117 Å². The zero-order valence-corrected chi connectivity index (χ0v) is 68.2. The van der Waals surface area contributed by atoms with E-state index in [1.807, 2.05) is 13.1 Å². The number of nitrogens with two attached hydrogens (primary N) is 1. The van der Waals surface area contributed by atoms with Crippen molar-refractivity contribution in [1.82, 2.24) is 19.7 Å². The SMILES string of the molecule is CN(C/C=C/C#CC(C)(C)C)Cc1cccc2ccccc12.CO[C@H]1/C=C/O[C@@]2(C)Oc3c(C)c(O)c4c(O)c(c(/C=N\N5CCN(C)CC5)c(O)c4c3C2=O)NC(=O)/C(C)=C\C=C\[C@@H](C)[C@H](O)[C@@H](C)[C@H](O)[C@@H](C)[C@H](OC(C)=O)[C@@H]1C.C[C@H]1c2cccc(O)c2C(O)=C2C(=O)[C@]3(O)C(O)=C(C(N)=O)C(=O)[C@@H](N(C)C)[C@@H]3[C@@H](O)[C@@H]21.Cl. The lowest BCUT2D eigenvalue weighted by Gasteiger charge is -2.53. The van der Waals surface area contributed by atoms with Crippen LogP contribution in [-0.2, 0) is 44.7 Å². The number of allylic oxidation sites excluding steroid dienone is 3. The first-order valence-electron chi connectivity index (χ1n) is 37.6. The van der Waals surface area contributed by atoms with Gasteiger partial charge in [-0.25, -0.2) is 0 Å². The van der Waals surface area contributed by atoms with Crippen molar-refractivity contribution in [3.63, 3.8) is 0 Å². The van der Waals surface area contributed by atoms with E-state index >= 15 is 0 Å². The number of benzene rings is 5. The number of nitrogens with one attached hydrogen (secondary N) is 1. The molecule has 3 aliphatic carbocycles. The average molecular weight is 1600 g/mol. The number of carbonyl (C=O) groups excluding carboxylic acids is 6. The number of esters is 1. The molecule has 2 amide bonds. The normalized spacial score (nSPS) is 28.5. The number of likely N-dealkylation sites (N-methyl/N-ethyl adjacent to an activating group) is 3. The number of nitrogens with zero attached hydrogens (tertiary/aromatic N) is 5. The number of Topliss-reactive ketones (excluding diaryl/α,β-unsaturated/α-hetero) is 3. The number of rotatable bonds is 10. The van der Waals surface area contributed by atoms with Gasteiger partial charge in [0.1, 0.15) is 46.2 Å². The summed E-state index contributed by atoms with van der Waals surface area (Å²) in [4.78, 5) is 84.9. The third-order valence-electron chi connectivity index (χ3n) is 22.2. The molecule has 7 aliphatic rings. The number of aliphatic hydroxyl groups is 6. The van der Waals surface area contributed by atoms with Crippen molar-refractivity contribution in [3.05, 3.63) is 159 Å². The van der Waals surface area contributed by atoms with Gasteiger partial charge in [0.05, 0.1) is 76.6 Å². The minimum atomic E-state index is -2.89. The van der Waals surface area contributed by atoms with Gasteiger partial charge in [-0.05, 0) is 109 Å². The molecule has 12 rings (SSSR count). The first kappa shape index (κ1) is 89.4. The molecule has 0 aromatic heterocycles. The Morgan fingerprint density at radius 1 is 0.816 bits per heavy atom. The summed E-state index contributed by atoms with van der Waals surface area (Å²) in [5.74, 6) is -10.9. The van der Waals surface area contributed by atoms with Gasteiger partial charge in [-0.1, -0.05) is 125 Å². The third-order valence-corrected chi connectivity index (χ3v) is 22.2. The summed E-state index contributed by atoms with van der Waals surface area (Å²) < 4.78 is 23.6. The van der Waals surface area contributed by atoms with Crippen molar-refractivity contribution in [3.8, 4) is 40.6 Å². The molecule has 1 saturated carbocycles. The van der Waals surface area contributed by atoms with Crippen molar-refractivity contribution >= 4 is 86.7 Å². The molecule has 27 nitrogen and oxygen atoms in total. The van der Waals surface area contributed by atoms with Gasteiger partial charge in [0.25, 0.3) is 17.6 Å². The molecule has 4 heterocycles. The fourth-order valence-corrected chi connectivity index (χ4v) is 15.8. The second-order valence-corrected chi connectivity index (χ2v) is 31.7. The van der Waals surface area contributed by atoms with Crippen LogP contribution in [0.1, 0.15) is 120 Å². The predicted octanol–water partition coefficient (Wildman–Crippen LogP) is 9.13. The topological polar surface area (TPSA) is 405 Å². The highest BCUT2D eigenvalue weighted by molar-refractivity contribution is 6.26. The molecule has 5 bridgehead atoms. The number of ether oxygens (including phenoxy) is 4. The van der Waals surface area contributed by atoms with Crippen LogP contribution in [0.5, 0.6) is 28.7 Å². The van der Waals surface area contributed by atoms with Crippen LogP contribution in [0, 0.1) is 59.7 Å². The Morgan fingerprint density at radius 3 is 2.10 bits per heavy atom. The van der Waals surface area contributed by atoms with E-state index in [1.165, 1.54) is 101 Å². The van der Waals surface area contributed by atoms with Crippen LogP contribution < -0.4 is 15.8 Å². The molecule has 15 atom stereocenters. The molecule has 0 radical (unpaired) electrons. The second kappa shape index (κ2) is 36.1. The highest BCUT2D eigenvalue weighted by Crippen LogP contribution is 2.58. The van der Waals surface area contributed by atoms with Gasteiger partial charge in [-0.2, -0.15) is 5.10 Å². The number of methoxy groups -OCH3 is 1. The number of aliphatic hydroxyl groups excluding tert-OH is 5. The molecule has 614 valence electrons. The second-order valence-electron chi connectivity index (χ2n) is 31.7. The molecule has 4 aliphatic heterocycles. The van der Waals surface area contributed by atoms with E-state index in [0.717, 1.165) is 26.2 Å². The summed E-state index contributed by atoms with van der Waals surface area (Å²) in [7, 11) is 8.48. The van der Waals surface area contributed by atoms with E-state index in [-0.39, 0.29) is 73.6 Å². The minimum Gasteiger partial charge on any atom is -0.508 e. The molecule has 0 spiro atoms. The molecule has 13 N–H and O–H groups in total. The van der Waals surface area contributed by atoms with Gasteiger partial charge in [-0.15, -0.1) is 12.4 Å². The lowest BCUT2D eigenvalue weighted by Crippen LogP contribution is -2.70.